The zero-order chi connectivity index (χ0) is 21.1. The zero-order valence-electron chi connectivity index (χ0n) is 16.9. The molecule has 0 atom stereocenters. The molecule has 0 aliphatic rings. The van der Waals surface area contributed by atoms with Crippen molar-refractivity contribution in [2.75, 3.05) is 11.9 Å². The minimum atomic E-state index is -0.719. The van der Waals surface area contributed by atoms with Crippen molar-refractivity contribution in [3.05, 3.63) is 69.1 Å². The Kier molecular flexibility index (Phi) is 5.77. The molecule has 1 aromatic carbocycles. The smallest absolute Gasteiger partial charge is 0.343 e. The van der Waals surface area contributed by atoms with Crippen LogP contribution in [0.15, 0.2) is 41.3 Å². The summed E-state index contributed by atoms with van der Waals surface area (Å²) in [4.78, 5) is 42.1. The third-order valence-electron chi connectivity index (χ3n) is 4.54. The number of anilines is 1. The second-order valence-electron chi connectivity index (χ2n) is 6.91. The number of nitrogens with zero attached hydrogens (tertiary/aromatic N) is 2. The third kappa shape index (κ3) is 4.34. The molecule has 0 saturated heterocycles. The maximum absolute atomic E-state index is 12.7. The summed E-state index contributed by atoms with van der Waals surface area (Å²) in [6.45, 7) is 7.36. The van der Waals surface area contributed by atoms with E-state index < -0.39 is 11.4 Å². The fourth-order valence-corrected chi connectivity index (χ4v) is 3.05. The molecule has 0 spiro atoms. The number of aromatic nitrogens is 2. The first-order valence-corrected chi connectivity index (χ1v) is 9.35. The van der Waals surface area contributed by atoms with Gasteiger partial charge in [0.05, 0.1) is 12.0 Å². The quantitative estimate of drug-likeness (QED) is 0.673. The van der Waals surface area contributed by atoms with Gasteiger partial charge in [-0.2, -0.15) is 0 Å². The van der Waals surface area contributed by atoms with Gasteiger partial charge in [0.25, 0.3) is 0 Å². The van der Waals surface area contributed by atoms with Crippen molar-refractivity contribution in [2.45, 2.75) is 34.2 Å². The molecular formula is C22H23N3O4. The topological polar surface area (TPSA) is 90.3 Å². The fourth-order valence-electron chi connectivity index (χ4n) is 3.05. The van der Waals surface area contributed by atoms with Crippen molar-refractivity contribution in [3.8, 4) is 0 Å². The summed E-state index contributed by atoms with van der Waals surface area (Å²) >= 11 is 0. The van der Waals surface area contributed by atoms with Gasteiger partial charge in [0.1, 0.15) is 17.8 Å². The minimum Gasteiger partial charge on any atom is -0.462 e. The SMILES string of the molecule is CCOC(=O)c1cn(CC(=O)Nc2cc(C)ccc2C)c2nc(C)ccc2c1=O. The first-order valence-electron chi connectivity index (χ1n) is 9.35. The molecule has 2 heterocycles. The molecule has 0 radical (unpaired) electrons. The summed E-state index contributed by atoms with van der Waals surface area (Å²) in [5, 5.41) is 3.15. The highest BCUT2D eigenvalue weighted by molar-refractivity contribution is 5.95. The van der Waals surface area contributed by atoms with Gasteiger partial charge >= 0.3 is 5.97 Å². The van der Waals surface area contributed by atoms with Crippen LogP contribution in [0.5, 0.6) is 0 Å². The second kappa shape index (κ2) is 8.26. The normalized spacial score (nSPS) is 10.8. The van der Waals surface area contributed by atoms with Crippen LogP contribution in [0.2, 0.25) is 0 Å². The van der Waals surface area contributed by atoms with Crippen LogP contribution in [0.3, 0.4) is 0 Å². The van der Waals surface area contributed by atoms with Gasteiger partial charge in [0.2, 0.25) is 11.3 Å². The lowest BCUT2D eigenvalue weighted by Gasteiger charge is -2.14. The maximum atomic E-state index is 12.7. The largest absolute Gasteiger partial charge is 0.462 e. The molecule has 0 fully saturated rings. The average Bonchev–Trinajstić information content (AvgIpc) is 2.67. The maximum Gasteiger partial charge on any atom is 0.343 e. The molecule has 3 rings (SSSR count). The van der Waals surface area contributed by atoms with E-state index in [1.54, 1.807) is 26.0 Å². The van der Waals surface area contributed by atoms with Crippen molar-refractivity contribution in [3.63, 3.8) is 0 Å². The van der Waals surface area contributed by atoms with Crippen LogP contribution >= 0.6 is 0 Å². The van der Waals surface area contributed by atoms with E-state index in [4.69, 9.17) is 4.74 Å². The minimum absolute atomic E-state index is 0.104. The number of fused-ring (bicyclic) bond motifs is 1. The summed E-state index contributed by atoms with van der Waals surface area (Å²) in [5.41, 5.74) is 3.15. The monoisotopic (exact) mass is 393 g/mol. The van der Waals surface area contributed by atoms with Gasteiger partial charge < -0.3 is 14.6 Å². The van der Waals surface area contributed by atoms with Gasteiger partial charge in [-0.3, -0.25) is 9.59 Å². The number of nitrogens with one attached hydrogen (secondary N) is 1. The van der Waals surface area contributed by atoms with Crippen LogP contribution in [0, 0.1) is 20.8 Å². The molecule has 2 aromatic heterocycles. The number of hydrogen-bond donors (Lipinski definition) is 1. The Morgan fingerprint density at radius 1 is 1.14 bits per heavy atom. The molecular weight excluding hydrogens is 370 g/mol. The first kappa shape index (κ1) is 20.3. The number of pyridine rings is 2. The number of hydrogen-bond acceptors (Lipinski definition) is 5. The Balaban J connectivity index is 2.03. The molecule has 0 aliphatic heterocycles. The standard InChI is InChI=1S/C22H23N3O4/c1-5-29-22(28)17-11-25(21-16(20(17)27)9-8-15(4)23-21)12-19(26)24-18-10-13(2)6-7-14(18)3/h6-11H,5,12H2,1-4H3,(H,24,26). The van der Waals surface area contributed by atoms with Gasteiger partial charge in [-0.1, -0.05) is 12.1 Å². The van der Waals surface area contributed by atoms with Gasteiger partial charge in [0, 0.05) is 17.6 Å². The van der Waals surface area contributed by atoms with Gasteiger partial charge in [-0.05, 0) is 57.0 Å². The van der Waals surface area contributed by atoms with E-state index in [0.29, 0.717) is 11.3 Å². The van der Waals surface area contributed by atoms with E-state index >= 15 is 0 Å². The first-order chi connectivity index (χ1) is 13.8. The van der Waals surface area contributed by atoms with Crippen molar-refractivity contribution in [1.29, 1.82) is 0 Å². The molecule has 1 N–H and O–H groups in total. The number of esters is 1. The molecule has 0 bridgehead atoms. The number of carbonyl (C=O) groups is 2. The third-order valence-corrected chi connectivity index (χ3v) is 4.54. The van der Waals surface area contributed by atoms with Crippen LogP contribution in [-0.2, 0) is 16.1 Å². The molecule has 29 heavy (non-hydrogen) atoms. The predicted octanol–water partition coefficient (Wildman–Crippen LogP) is 3.14. The van der Waals surface area contributed by atoms with E-state index in [0.717, 1.165) is 16.8 Å². The van der Waals surface area contributed by atoms with Crippen molar-refractivity contribution >= 4 is 28.6 Å². The van der Waals surface area contributed by atoms with Crippen LogP contribution < -0.4 is 10.7 Å². The molecule has 7 nitrogen and oxygen atoms in total. The van der Waals surface area contributed by atoms with Crippen molar-refractivity contribution in [1.82, 2.24) is 9.55 Å². The summed E-state index contributed by atoms with van der Waals surface area (Å²) in [5.74, 6) is -1.01. The number of benzene rings is 1. The molecule has 3 aromatic rings. The second-order valence-corrected chi connectivity index (χ2v) is 6.91. The fraction of sp³-hybridized carbons (Fsp3) is 0.273. The summed E-state index contributed by atoms with van der Waals surface area (Å²) in [7, 11) is 0. The predicted molar refractivity (Wildman–Crippen MR) is 111 cm³/mol. The molecule has 1 amide bonds. The highest BCUT2D eigenvalue weighted by atomic mass is 16.5. The van der Waals surface area contributed by atoms with Crippen LogP contribution in [-0.4, -0.2) is 28.0 Å². The van der Waals surface area contributed by atoms with Crippen LogP contribution in [0.4, 0.5) is 5.69 Å². The Morgan fingerprint density at radius 2 is 1.90 bits per heavy atom. The Bertz CT molecular complexity index is 1160. The Labute approximate surface area is 168 Å². The number of carbonyl (C=O) groups excluding carboxylic acids is 2. The van der Waals surface area contributed by atoms with Crippen molar-refractivity contribution in [2.24, 2.45) is 0 Å². The van der Waals surface area contributed by atoms with Crippen LogP contribution in [0.1, 0.15) is 34.1 Å². The van der Waals surface area contributed by atoms with Gasteiger partial charge in [0.15, 0.2) is 0 Å². The lowest BCUT2D eigenvalue weighted by Crippen LogP contribution is -2.25. The summed E-state index contributed by atoms with van der Waals surface area (Å²) in [6.07, 6.45) is 1.35. The number of amides is 1. The highest BCUT2D eigenvalue weighted by Crippen LogP contribution is 2.17. The lowest BCUT2D eigenvalue weighted by atomic mass is 10.1. The van der Waals surface area contributed by atoms with E-state index in [9.17, 15) is 14.4 Å². The van der Waals surface area contributed by atoms with E-state index in [1.807, 2.05) is 32.0 Å². The average molecular weight is 393 g/mol. The Morgan fingerprint density at radius 3 is 2.62 bits per heavy atom. The molecule has 0 saturated carbocycles. The van der Waals surface area contributed by atoms with Crippen molar-refractivity contribution < 1.29 is 14.3 Å². The van der Waals surface area contributed by atoms with E-state index in [-0.39, 0.29) is 30.0 Å². The zero-order valence-corrected chi connectivity index (χ0v) is 16.9. The molecule has 0 unspecified atom stereocenters. The van der Waals surface area contributed by atoms with E-state index in [2.05, 4.69) is 10.3 Å². The van der Waals surface area contributed by atoms with Crippen LogP contribution in [0.25, 0.3) is 11.0 Å². The molecule has 0 aliphatic carbocycles. The summed E-state index contributed by atoms with van der Waals surface area (Å²) < 4.78 is 6.50. The molecule has 7 heteroatoms. The lowest BCUT2D eigenvalue weighted by molar-refractivity contribution is -0.116. The Hall–Kier alpha value is -3.48. The number of ether oxygens (including phenoxy) is 1. The van der Waals surface area contributed by atoms with Gasteiger partial charge in [-0.25, -0.2) is 9.78 Å². The number of aryl methyl sites for hydroxylation is 3. The van der Waals surface area contributed by atoms with Gasteiger partial charge in [-0.15, -0.1) is 0 Å². The number of rotatable bonds is 5. The summed E-state index contributed by atoms with van der Waals surface area (Å²) in [6, 6.07) is 9.10. The van der Waals surface area contributed by atoms with E-state index in [1.165, 1.54) is 10.8 Å². The highest BCUT2D eigenvalue weighted by Gasteiger charge is 2.18. The molecule has 150 valence electrons.